The van der Waals surface area contributed by atoms with Crippen molar-refractivity contribution < 1.29 is 14.1 Å². The van der Waals surface area contributed by atoms with Gasteiger partial charge in [0.25, 0.3) is 0 Å². The Labute approximate surface area is 92.2 Å². The van der Waals surface area contributed by atoms with Crippen molar-refractivity contribution in [3.63, 3.8) is 0 Å². The van der Waals surface area contributed by atoms with Gasteiger partial charge in [-0.2, -0.15) is 0 Å². The molecule has 16 heavy (non-hydrogen) atoms. The molecule has 0 heterocycles. The second kappa shape index (κ2) is 4.89. The summed E-state index contributed by atoms with van der Waals surface area (Å²) in [6.07, 6.45) is 0.0966. The molecule has 0 radical (unpaired) electrons. The zero-order valence-corrected chi connectivity index (χ0v) is 9.07. The molecule has 0 amide bonds. The third-order valence-corrected chi connectivity index (χ3v) is 2.12. The number of nitro groups is 1. The number of nitrogens with zero attached hydrogens (tertiary/aromatic N) is 1. The number of hydrogen-bond donors (Lipinski definition) is 1. The lowest BCUT2D eigenvalue weighted by Gasteiger charge is -2.09. The smallest absolute Gasteiger partial charge is 0.317 e. The van der Waals surface area contributed by atoms with Crippen molar-refractivity contribution in [1.82, 2.24) is 0 Å². The Morgan fingerprint density at radius 1 is 1.62 bits per heavy atom. The van der Waals surface area contributed by atoms with E-state index in [1.54, 1.807) is 6.92 Å². The zero-order chi connectivity index (χ0) is 12.3. The van der Waals surface area contributed by atoms with Crippen LogP contribution in [0.3, 0.4) is 0 Å². The molecule has 0 saturated heterocycles. The summed E-state index contributed by atoms with van der Waals surface area (Å²) in [5.41, 5.74) is 5.16. The van der Waals surface area contributed by atoms with Gasteiger partial charge < -0.3 is 10.5 Å². The number of hydrogen-bond acceptors (Lipinski definition) is 4. The Hall–Kier alpha value is -1.69. The van der Waals surface area contributed by atoms with E-state index in [0.29, 0.717) is 0 Å². The van der Waals surface area contributed by atoms with E-state index in [9.17, 15) is 14.5 Å². The van der Waals surface area contributed by atoms with E-state index >= 15 is 0 Å². The van der Waals surface area contributed by atoms with Gasteiger partial charge in [-0.25, -0.2) is 4.39 Å². The van der Waals surface area contributed by atoms with Crippen LogP contribution in [0.25, 0.3) is 0 Å². The Bertz CT molecular complexity index is 407. The number of halogens is 1. The summed E-state index contributed by atoms with van der Waals surface area (Å²) in [6.45, 7) is 1.66. The summed E-state index contributed by atoms with van der Waals surface area (Å²) in [7, 11) is 1.30. The third-order valence-electron chi connectivity index (χ3n) is 2.12. The first-order chi connectivity index (χ1) is 7.47. The summed E-state index contributed by atoms with van der Waals surface area (Å²) < 4.78 is 18.3. The third kappa shape index (κ3) is 2.46. The summed E-state index contributed by atoms with van der Waals surface area (Å²) >= 11 is 0. The van der Waals surface area contributed by atoms with Crippen LogP contribution < -0.4 is 10.5 Å². The molecule has 0 bridgehead atoms. The van der Waals surface area contributed by atoms with Gasteiger partial charge in [0.1, 0.15) is 5.82 Å². The highest BCUT2D eigenvalue weighted by Crippen LogP contribution is 2.33. The van der Waals surface area contributed by atoms with Crippen LogP contribution in [0.1, 0.15) is 12.5 Å². The van der Waals surface area contributed by atoms with Crippen LogP contribution in [0, 0.1) is 15.9 Å². The highest BCUT2D eigenvalue weighted by atomic mass is 19.1. The highest BCUT2D eigenvalue weighted by molar-refractivity contribution is 5.53. The van der Waals surface area contributed by atoms with Crippen LogP contribution in [0.2, 0.25) is 0 Å². The Balaban J connectivity index is 3.35. The van der Waals surface area contributed by atoms with Gasteiger partial charge in [-0.05, 0) is 25.5 Å². The molecule has 2 N–H and O–H groups in total. The molecule has 0 aliphatic rings. The average molecular weight is 228 g/mol. The number of nitrogens with two attached hydrogens (primary N) is 1. The van der Waals surface area contributed by atoms with Crippen LogP contribution >= 0.6 is 0 Å². The molecule has 5 nitrogen and oxygen atoms in total. The van der Waals surface area contributed by atoms with Gasteiger partial charge in [0.05, 0.1) is 17.6 Å². The zero-order valence-electron chi connectivity index (χ0n) is 9.07. The van der Waals surface area contributed by atoms with E-state index in [1.165, 1.54) is 13.2 Å². The number of rotatable bonds is 4. The maximum absolute atomic E-state index is 13.5. The molecule has 0 aromatic heterocycles. The number of nitro benzene ring substituents is 1. The summed E-state index contributed by atoms with van der Waals surface area (Å²) in [5.74, 6) is -0.591. The fraction of sp³-hybridized carbons (Fsp3) is 0.400. The number of methoxy groups -OCH3 is 1. The van der Waals surface area contributed by atoms with E-state index in [0.717, 1.165) is 6.07 Å². The topological polar surface area (TPSA) is 78.4 Å². The van der Waals surface area contributed by atoms with Crippen molar-refractivity contribution in [2.24, 2.45) is 5.73 Å². The molecule has 0 spiro atoms. The van der Waals surface area contributed by atoms with E-state index in [1.807, 2.05) is 0 Å². The SMILES string of the molecule is COc1ccc(F)c(CC(C)N)c1[N+](=O)[O-]. The van der Waals surface area contributed by atoms with E-state index < -0.39 is 10.7 Å². The number of benzene rings is 1. The van der Waals surface area contributed by atoms with Gasteiger partial charge in [0.15, 0.2) is 5.75 Å². The van der Waals surface area contributed by atoms with Gasteiger partial charge in [0, 0.05) is 6.04 Å². The lowest BCUT2D eigenvalue weighted by atomic mass is 10.0. The van der Waals surface area contributed by atoms with Gasteiger partial charge in [0.2, 0.25) is 0 Å². The lowest BCUT2D eigenvalue weighted by molar-refractivity contribution is -0.386. The fourth-order valence-corrected chi connectivity index (χ4v) is 1.47. The predicted molar refractivity (Wildman–Crippen MR) is 57.0 cm³/mol. The van der Waals surface area contributed by atoms with Crippen molar-refractivity contribution in [3.8, 4) is 5.75 Å². The normalized spacial score (nSPS) is 12.2. The molecule has 88 valence electrons. The molecular formula is C10H13FN2O3. The fourth-order valence-electron chi connectivity index (χ4n) is 1.47. The van der Waals surface area contributed by atoms with Crippen LogP contribution in [0.5, 0.6) is 5.75 Å². The Morgan fingerprint density at radius 2 is 2.25 bits per heavy atom. The standard InChI is InChI=1S/C10H13FN2O3/c1-6(12)5-7-8(11)3-4-9(16-2)10(7)13(14)15/h3-4,6H,5,12H2,1-2H3. The molecular weight excluding hydrogens is 215 g/mol. The predicted octanol–water partition coefficient (Wildman–Crippen LogP) is 1.63. The second-order valence-corrected chi connectivity index (χ2v) is 3.52. The minimum Gasteiger partial charge on any atom is -0.490 e. The maximum Gasteiger partial charge on any atom is 0.317 e. The van der Waals surface area contributed by atoms with E-state index in [2.05, 4.69) is 0 Å². The Morgan fingerprint density at radius 3 is 2.69 bits per heavy atom. The number of ether oxygens (including phenoxy) is 1. The summed E-state index contributed by atoms with van der Waals surface area (Å²) in [6, 6.07) is 2.02. The Kier molecular flexibility index (Phi) is 3.78. The molecule has 1 aromatic rings. The van der Waals surface area contributed by atoms with Crippen molar-refractivity contribution >= 4 is 5.69 Å². The molecule has 1 aromatic carbocycles. The lowest BCUT2D eigenvalue weighted by Crippen LogP contribution is -2.19. The molecule has 1 atom stereocenters. The average Bonchev–Trinajstić information content (AvgIpc) is 2.19. The molecule has 1 rings (SSSR count). The highest BCUT2D eigenvalue weighted by Gasteiger charge is 2.24. The van der Waals surface area contributed by atoms with Crippen LogP contribution in [-0.4, -0.2) is 18.1 Å². The van der Waals surface area contributed by atoms with Gasteiger partial charge in [-0.3, -0.25) is 10.1 Å². The van der Waals surface area contributed by atoms with E-state index in [-0.39, 0.29) is 29.5 Å². The van der Waals surface area contributed by atoms with Crippen molar-refractivity contribution in [1.29, 1.82) is 0 Å². The van der Waals surface area contributed by atoms with Crippen LogP contribution in [-0.2, 0) is 6.42 Å². The first-order valence-corrected chi connectivity index (χ1v) is 4.72. The largest absolute Gasteiger partial charge is 0.490 e. The summed E-state index contributed by atoms with van der Waals surface area (Å²) in [5, 5.41) is 10.9. The minimum atomic E-state index is -0.653. The molecule has 6 heteroatoms. The molecule has 0 aliphatic carbocycles. The van der Waals surface area contributed by atoms with Crippen LogP contribution in [0.15, 0.2) is 12.1 Å². The van der Waals surface area contributed by atoms with Crippen molar-refractivity contribution in [2.75, 3.05) is 7.11 Å². The minimum absolute atomic E-state index is 0.0145. The van der Waals surface area contributed by atoms with Crippen LogP contribution in [0.4, 0.5) is 10.1 Å². The quantitative estimate of drug-likeness (QED) is 0.627. The monoisotopic (exact) mass is 228 g/mol. The van der Waals surface area contributed by atoms with E-state index in [4.69, 9.17) is 10.5 Å². The second-order valence-electron chi connectivity index (χ2n) is 3.52. The maximum atomic E-state index is 13.5. The molecule has 0 aliphatic heterocycles. The summed E-state index contributed by atoms with van der Waals surface area (Å²) in [4.78, 5) is 10.2. The molecule has 0 saturated carbocycles. The molecule has 1 unspecified atom stereocenters. The molecule has 0 fully saturated rings. The van der Waals surface area contributed by atoms with Crippen molar-refractivity contribution in [2.45, 2.75) is 19.4 Å². The first-order valence-electron chi connectivity index (χ1n) is 4.72. The van der Waals surface area contributed by atoms with Gasteiger partial charge in [-0.1, -0.05) is 0 Å². The van der Waals surface area contributed by atoms with Gasteiger partial charge in [-0.15, -0.1) is 0 Å². The first kappa shape index (κ1) is 12.4. The van der Waals surface area contributed by atoms with Crippen molar-refractivity contribution in [3.05, 3.63) is 33.6 Å². The van der Waals surface area contributed by atoms with Gasteiger partial charge >= 0.3 is 5.69 Å².